The Morgan fingerprint density at radius 3 is 2.74 bits per heavy atom. The van der Waals surface area contributed by atoms with Crippen LogP contribution < -0.4 is 15.5 Å². The summed E-state index contributed by atoms with van der Waals surface area (Å²) in [5, 5.41) is 41.0. The van der Waals surface area contributed by atoms with E-state index in [0.29, 0.717) is 40.3 Å². The van der Waals surface area contributed by atoms with Gasteiger partial charge in [0.1, 0.15) is 6.07 Å². The molecular weight excluding hydrogens is 468 g/mol. The van der Waals surface area contributed by atoms with Crippen LogP contribution in [0.25, 0.3) is 5.65 Å². The second-order valence-corrected chi connectivity index (χ2v) is 9.57. The molecule has 2 saturated heterocycles. The van der Waals surface area contributed by atoms with Crippen LogP contribution in [-0.4, -0.2) is 74.0 Å². The zero-order valence-electron chi connectivity index (χ0n) is 18.8. The van der Waals surface area contributed by atoms with E-state index < -0.39 is 0 Å². The molecule has 0 amide bonds. The largest absolute Gasteiger partial charge is 0.391 e. The summed E-state index contributed by atoms with van der Waals surface area (Å²) in [5.74, 6) is 0.764. The van der Waals surface area contributed by atoms with E-state index in [-0.39, 0.29) is 23.8 Å². The number of benzene rings is 1. The number of anilines is 4. The molecule has 3 fully saturated rings. The minimum atomic E-state index is -0.365. The molecule has 2 aromatic heterocycles. The Morgan fingerprint density at radius 1 is 1.11 bits per heavy atom. The maximum atomic E-state index is 10.4. The van der Waals surface area contributed by atoms with Gasteiger partial charge in [-0.15, -0.1) is 5.10 Å². The number of fused-ring (bicyclic) bond motifs is 2. The summed E-state index contributed by atoms with van der Waals surface area (Å²) in [5.41, 5.74) is 2.42. The van der Waals surface area contributed by atoms with Crippen LogP contribution in [0.4, 0.5) is 23.1 Å². The number of nitriles is 2. The van der Waals surface area contributed by atoms with Crippen LogP contribution in [-0.2, 0) is 0 Å². The number of aromatic nitrogens is 4. The summed E-state index contributed by atoms with van der Waals surface area (Å²) in [7, 11) is 0. The zero-order chi connectivity index (χ0) is 24.1. The van der Waals surface area contributed by atoms with Gasteiger partial charge in [-0.2, -0.15) is 20.0 Å². The lowest BCUT2D eigenvalue weighted by molar-refractivity contribution is 0.108. The number of imidazole rings is 1. The molecule has 0 bridgehead atoms. The molecule has 3 aliphatic rings. The van der Waals surface area contributed by atoms with E-state index in [1.165, 1.54) is 10.7 Å². The van der Waals surface area contributed by atoms with Gasteiger partial charge in [-0.05, 0) is 31.4 Å². The molecular formula is C23H23ClN10O. The van der Waals surface area contributed by atoms with E-state index in [9.17, 15) is 15.6 Å². The van der Waals surface area contributed by atoms with E-state index in [0.717, 1.165) is 44.6 Å². The number of aliphatic hydroxyl groups is 1. The van der Waals surface area contributed by atoms with Crippen molar-refractivity contribution in [3.63, 3.8) is 0 Å². The van der Waals surface area contributed by atoms with Crippen molar-refractivity contribution in [2.75, 3.05) is 41.7 Å². The Hall–Kier alpha value is -3.64. The maximum absolute atomic E-state index is 10.4. The first-order valence-corrected chi connectivity index (χ1v) is 12.0. The number of hydrogen-bond donors (Lipinski definition) is 3. The number of nitrogens with one attached hydrogen (secondary N) is 2. The summed E-state index contributed by atoms with van der Waals surface area (Å²) >= 11 is 6.86. The van der Waals surface area contributed by atoms with Crippen LogP contribution in [0.3, 0.4) is 0 Å². The van der Waals surface area contributed by atoms with Gasteiger partial charge in [0.2, 0.25) is 5.95 Å². The second kappa shape index (κ2) is 8.54. The molecule has 11 nitrogen and oxygen atoms in total. The van der Waals surface area contributed by atoms with Crippen molar-refractivity contribution in [2.45, 2.75) is 37.5 Å². The lowest BCUT2D eigenvalue weighted by Gasteiger charge is -2.40. The average Bonchev–Trinajstić information content (AvgIpc) is 3.47. The Labute approximate surface area is 206 Å². The highest BCUT2D eigenvalue weighted by atomic mass is 35.5. The first kappa shape index (κ1) is 21.9. The van der Waals surface area contributed by atoms with Crippen LogP contribution in [0.5, 0.6) is 0 Å². The van der Waals surface area contributed by atoms with Crippen molar-refractivity contribution in [1.82, 2.24) is 24.5 Å². The van der Waals surface area contributed by atoms with Gasteiger partial charge < -0.3 is 20.6 Å². The van der Waals surface area contributed by atoms with Crippen LogP contribution >= 0.6 is 11.6 Å². The number of hydrogen-bond acceptors (Lipinski definition) is 10. The van der Waals surface area contributed by atoms with Gasteiger partial charge in [0, 0.05) is 32.2 Å². The number of piperazine rings is 1. The predicted molar refractivity (Wildman–Crippen MR) is 130 cm³/mol. The third kappa shape index (κ3) is 3.98. The normalized spacial score (nSPS) is 22.0. The van der Waals surface area contributed by atoms with Gasteiger partial charge in [0.15, 0.2) is 17.2 Å². The van der Waals surface area contributed by atoms with Gasteiger partial charge >= 0.3 is 0 Å². The fourth-order valence-electron chi connectivity index (χ4n) is 4.84. The Bertz CT molecular complexity index is 1390. The van der Waals surface area contributed by atoms with Crippen LogP contribution in [0, 0.1) is 22.7 Å². The van der Waals surface area contributed by atoms with E-state index in [2.05, 4.69) is 47.6 Å². The van der Waals surface area contributed by atoms with E-state index in [1.807, 2.05) is 0 Å². The Morgan fingerprint density at radius 2 is 1.97 bits per heavy atom. The predicted octanol–water partition coefficient (Wildman–Crippen LogP) is 2.09. The molecule has 3 aromatic rings. The molecule has 2 atom stereocenters. The molecule has 6 rings (SSSR count). The average molecular weight is 491 g/mol. The van der Waals surface area contributed by atoms with Gasteiger partial charge in [-0.1, -0.05) is 11.6 Å². The maximum Gasteiger partial charge on any atom is 0.247 e. The molecule has 0 radical (unpaired) electrons. The zero-order valence-corrected chi connectivity index (χ0v) is 19.6. The van der Waals surface area contributed by atoms with Crippen LogP contribution in [0.2, 0.25) is 5.02 Å². The van der Waals surface area contributed by atoms with E-state index >= 15 is 0 Å². The number of halogens is 1. The summed E-state index contributed by atoms with van der Waals surface area (Å²) < 4.78 is 1.45. The van der Waals surface area contributed by atoms with Crippen LogP contribution in [0.15, 0.2) is 18.3 Å². The molecule has 0 spiro atoms. The van der Waals surface area contributed by atoms with Crippen molar-refractivity contribution in [1.29, 1.82) is 10.5 Å². The number of rotatable bonds is 5. The standard InChI is InChI=1S/C23H23ClN10O/c24-20-16(7-13(9-25)8-17(20)33-6-5-32-4-3-19(35)18(32)12-33)29-23-30-21(28-14-1-2-14)22-27-11-15(10-26)34(22)31-23/h7-8,11,14,18-19,35H,1-6,12H2,(H2,28,29,30,31)/t18-,19+/m0/s1. The van der Waals surface area contributed by atoms with Crippen molar-refractivity contribution < 1.29 is 5.11 Å². The Kier molecular flexibility index (Phi) is 5.33. The minimum Gasteiger partial charge on any atom is -0.391 e. The molecule has 1 aromatic carbocycles. The molecule has 12 heteroatoms. The molecule has 4 heterocycles. The van der Waals surface area contributed by atoms with Crippen molar-refractivity contribution in [3.05, 3.63) is 34.6 Å². The monoisotopic (exact) mass is 490 g/mol. The highest BCUT2D eigenvalue weighted by molar-refractivity contribution is 6.36. The fourth-order valence-corrected chi connectivity index (χ4v) is 5.12. The summed E-state index contributed by atoms with van der Waals surface area (Å²) in [4.78, 5) is 13.3. The summed E-state index contributed by atoms with van der Waals surface area (Å²) in [6.45, 7) is 3.10. The minimum absolute atomic E-state index is 0.0504. The van der Waals surface area contributed by atoms with E-state index in [4.69, 9.17) is 11.6 Å². The third-order valence-electron chi connectivity index (χ3n) is 6.85. The topological polar surface area (TPSA) is 141 Å². The molecule has 3 N–H and O–H groups in total. The summed E-state index contributed by atoms with van der Waals surface area (Å²) in [6.07, 6.45) is 3.97. The number of nitrogens with zero attached hydrogens (tertiary/aromatic N) is 8. The third-order valence-corrected chi connectivity index (χ3v) is 7.25. The lowest BCUT2D eigenvalue weighted by Crippen LogP contribution is -2.53. The van der Waals surface area contributed by atoms with Crippen molar-refractivity contribution in [3.8, 4) is 12.1 Å². The molecule has 178 valence electrons. The van der Waals surface area contributed by atoms with Gasteiger partial charge in [-0.3, -0.25) is 4.90 Å². The van der Waals surface area contributed by atoms with Gasteiger partial charge in [0.05, 0.1) is 46.4 Å². The first-order chi connectivity index (χ1) is 17.0. The van der Waals surface area contributed by atoms with Crippen molar-refractivity contribution >= 4 is 40.4 Å². The molecule has 35 heavy (non-hydrogen) atoms. The van der Waals surface area contributed by atoms with E-state index in [1.54, 1.807) is 12.1 Å². The van der Waals surface area contributed by atoms with Gasteiger partial charge in [0.25, 0.3) is 0 Å². The Balaban J connectivity index is 1.36. The first-order valence-electron chi connectivity index (χ1n) is 11.6. The smallest absolute Gasteiger partial charge is 0.247 e. The molecule has 0 unspecified atom stereocenters. The highest BCUT2D eigenvalue weighted by Crippen LogP contribution is 2.38. The second-order valence-electron chi connectivity index (χ2n) is 9.19. The number of aliphatic hydroxyl groups excluding tert-OH is 1. The molecule has 2 aliphatic heterocycles. The molecule has 1 aliphatic carbocycles. The quantitative estimate of drug-likeness (QED) is 0.486. The fraction of sp³-hybridized carbons (Fsp3) is 0.435. The van der Waals surface area contributed by atoms with Crippen LogP contribution in [0.1, 0.15) is 30.5 Å². The molecule has 1 saturated carbocycles. The van der Waals surface area contributed by atoms with Crippen molar-refractivity contribution in [2.24, 2.45) is 0 Å². The van der Waals surface area contributed by atoms with Gasteiger partial charge in [-0.25, -0.2) is 4.98 Å². The SMILES string of the molecule is N#Cc1cc(Nc2nc(NC3CC3)c3ncc(C#N)n3n2)c(Cl)c(N2CCN3CC[C@@H](O)[C@@H]3C2)c1. The lowest BCUT2D eigenvalue weighted by atomic mass is 10.1. The highest BCUT2D eigenvalue weighted by Gasteiger charge is 2.37. The summed E-state index contributed by atoms with van der Waals surface area (Å²) in [6, 6.07) is 8.11.